The topological polar surface area (TPSA) is 38.1 Å². The number of nitrogens with zero attached hydrogens (tertiary/aromatic N) is 3. The number of alkyl halides is 1. The van der Waals surface area contributed by atoms with Gasteiger partial charge in [0.25, 0.3) is 5.91 Å². The van der Waals surface area contributed by atoms with Crippen molar-refractivity contribution in [3.8, 4) is 0 Å². The van der Waals surface area contributed by atoms with Crippen LogP contribution in [0.4, 0.5) is 0 Å². The summed E-state index contributed by atoms with van der Waals surface area (Å²) in [5.41, 5.74) is 0.594. The van der Waals surface area contributed by atoms with Gasteiger partial charge in [-0.25, -0.2) is 0 Å². The molecule has 0 aliphatic rings. The molecule has 0 N–H and O–H groups in total. The molecule has 0 aromatic carbocycles. The van der Waals surface area contributed by atoms with Crippen LogP contribution in [0.1, 0.15) is 17.4 Å². The first-order valence-corrected chi connectivity index (χ1v) is 5.07. The molecule has 0 radical (unpaired) electrons. The summed E-state index contributed by atoms with van der Waals surface area (Å²) >= 11 is 5.60. The molecule has 1 amide bonds. The zero-order valence-corrected chi connectivity index (χ0v) is 9.16. The van der Waals surface area contributed by atoms with Gasteiger partial charge >= 0.3 is 0 Å². The van der Waals surface area contributed by atoms with Gasteiger partial charge in [0, 0.05) is 32.2 Å². The quantitative estimate of drug-likeness (QED) is 0.706. The SMILES string of the molecule is CCN(CCCl)C(=O)c1ccnn1C. The van der Waals surface area contributed by atoms with E-state index in [4.69, 9.17) is 11.6 Å². The van der Waals surface area contributed by atoms with E-state index in [9.17, 15) is 4.79 Å². The van der Waals surface area contributed by atoms with Crippen molar-refractivity contribution in [2.75, 3.05) is 19.0 Å². The van der Waals surface area contributed by atoms with Crippen molar-refractivity contribution in [1.82, 2.24) is 14.7 Å². The molecular formula is C9H14ClN3O. The molecule has 5 heteroatoms. The molecule has 0 aliphatic carbocycles. The number of aromatic nitrogens is 2. The van der Waals surface area contributed by atoms with Gasteiger partial charge in [-0.3, -0.25) is 9.48 Å². The van der Waals surface area contributed by atoms with Crippen LogP contribution in [0.25, 0.3) is 0 Å². The Morgan fingerprint density at radius 3 is 2.86 bits per heavy atom. The van der Waals surface area contributed by atoms with Gasteiger partial charge in [0.15, 0.2) is 0 Å². The van der Waals surface area contributed by atoms with Crippen molar-refractivity contribution in [3.05, 3.63) is 18.0 Å². The monoisotopic (exact) mass is 215 g/mol. The summed E-state index contributed by atoms with van der Waals surface area (Å²) in [6.45, 7) is 3.17. The summed E-state index contributed by atoms with van der Waals surface area (Å²) in [5.74, 6) is 0.436. The molecule has 0 aliphatic heterocycles. The highest BCUT2D eigenvalue weighted by Crippen LogP contribution is 2.03. The molecule has 1 rings (SSSR count). The van der Waals surface area contributed by atoms with Gasteiger partial charge in [-0.1, -0.05) is 0 Å². The Balaban J connectivity index is 2.78. The third kappa shape index (κ3) is 2.26. The predicted octanol–water partition coefficient (Wildman–Crippen LogP) is 1.12. The van der Waals surface area contributed by atoms with E-state index in [2.05, 4.69) is 5.10 Å². The van der Waals surface area contributed by atoms with Crippen LogP contribution in [-0.2, 0) is 7.05 Å². The molecule has 1 aromatic rings. The molecule has 0 bridgehead atoms. The fraction of sp³-hybridized carbons (Fsp3) is 0.556. The van der Waals surface area contributed by atoms with Crippen LogP contribution < -0.4 is 0 Å². The molecule has 78 valence electrons. The van der Waals surface area contributed by atoms with Crippen molar-refractivity contribution in [2.45, 2.75) is 6.92 Å². The van der Waals surface area contributed by atoms with E-state index in [-0.39, 0.29) is 5.91 Å². The van der Waals surface area contributed by atoms with E-state index in [1.807, 2.05) is 6.92 Å². The lowest BCUT2D eigenvalue weighted by Crippen LogP contribution is -2.33. The second-order valence-corrected chi connectivity index (χ2v) is 3.29. The van der Waals surface area contributed by atoms with Gasteiger partial charge in [0.05, 0.1) is 0 Å². The Kier molecular flexibility index (Phi) is 3.95. The molecule has 0 fully saturated rings. The molecule has 1 heterocycles. The Labute approximate surface area is 88.5 Å². The summed E-state index contributed by atoms with van der Waals surface area (Å²) in [7, 11) is 1.75. The summed E-state index contributed by atoms with van der Waals surface area (Å²) < 4.78 is 1.57. The van der Waals surface area contributed by atoms with Crippen LogP contribution in [0.3, 0.4) is 0 Å². The van der Waals surface area contributed by atoms with Crippen molar-refractivity contribution < 1.29 is 4.79 Å². The van der Waals surface area contributed by atoms with E-state index in [0.29, 0.717) is 24.7 Å². The first-order chi connectivity index (χ1) is 6.70. The van der Waals surface area contributed by atoms with Crippen LogP contribution >= 0.6 is 11.6 Å². The summed E-state index contributed by atoms with van der Waals surface area (Å²) in [4.78, 5) is 13.6. The maximum atomic E-state index is 11.9. The fourth-order valence-electron chi connectivity index (χ4n) is 1.25. The highest BCUT2D eigenvalue weighted by atomic mass is 35.5. The number of carbonyl (C=O) groups is 1. The largest absolute Gasteiger partial charge is 0.336 e. The van der Waals surface area contributed by atoms with Gasteiger partial charge in [0.1, 0.15) is 5.69 Å². The Morgan fingerprint density at radius 2 is 2.43 bits per heavy atom. The van der Waals surface area contributed by atoms with Crippen LogP contribution in [0, 0.1) is 0 Å². The normalized spacial score (nSPS) is 10.2. The number of rotatable bonds is 4. The minimum absolute atomic E-state index is 0.0202. The zero-order chi connectivity index (χ0) is 10.6. The Morgan fingerprint density at radius 1 is 1.71 bits per heavy atom. The van der Waals surface area contributed by atoms with E-state index < -0.39 is 0 Å². The first-order valence-electron chi connectivity index (χ1n) is 4.54. The Bertz CT molecular complexity index is 311. The fourth-order valence-corrected chi connectivity index (χ4v) is 1.46. The third-order valence-corrected chi connectivity index (χ3v) is 2.23. The molecule has 14 heavy (non-hydrogen) atoms. The van der Waals surface area contributed by atoms with E-state index >= 15 is 0 Å². The second kappa shape index (κ2) is 5.00. The zero-order valence-electron chi connectivity index (χ0n) is 8.40. The Hall–Kier alpha value is -1.03. The highest BCUT2D eigenvalue weighted by molar-refractivity contribution is 6.18. The summed E-state index contributed by atoms with van der Waals surface area (Å²) in [5, 5.41) is 3.95. The van der Waals surface area contributed by atoms with Crippen molar-refractivity contribution in [1.29, 1.82) is 0 Å². The van der Waals surface area contributed by atoms with Crippen LogP contribution in [0.2, 0.25) is 0 Å². The molecule has 0 spiro atoms. The highest BCUT2D eigenvalue weighted by Gasteiger charge is 2.16. The number of halogens is 1. The van der Waals surface area contributed by atoms with Gasteiger partial charge in [-0.05, 0) is 13.0 Å². The van der Waals surface area contributed by atoms with Crippen LogP contribution in [0.5, 0.6) is 0 Å². The molecule has 4 nitrogen and oxygen atoms in total. The third-order valence-electron chi connectivity index (χ3n) is 2.06. The summed E-state index contributed by atoms with van der Waals surface area (Å²) in [6.07, 6.45) is 1.61. The lowest BCUT2D eigenvalue weighted by Gasteiger charge is -2.19. The van der Waals surface area contributed by atoms with Crippen molar-refractivity contribution in [3.63, 3.8) is 0 Å². The van der Waals surface area contributed by atoms with Crippen molar-refractivity contribution >= 4 is 17.5 Å². The van der Waals surface area contributed by atoms with Crippen molar-refractivity contribution in [2.24, 2.45) is 7.05 Å². The number of carbonyl (C=O) groups excluding carboxylic acids is 1. The van der Waals surface area contributed by atoms with Gasteiger partial charge in [-0.15, -0.1) is 11.6 Å². The number of amides is 1. The van der Waals surface area contributed by atoms with E-state index in [1.165, 1.54) is 0 Å². The minimum atomic E-state index is -0.0202. The maximum Gasteiger partial charge on any atom is 0.272 e. The number of hydrogen-bond donors (Lipinski definition) is 0. The summed E-state index contributed by atoms with van der Waals surface area (Å²) in [6, 6.07) is 1.71. The van der Waals surface area contributed by atoms with Gasteiger partial charge in [-0.2, -0.15) is 5.10 Å². The molecular weight excluding hydrogens is 202 g/mol. The smallest absolute Gasteiger partial charge is 0.272 e. The number of aryl methyl sites for hydroxylation is 1. The molecule has 0 unspecified atom stereocenters. The second-order valence-electron chi connectivity index (χ2n) is 2.91. The minimum Gasteiger partial charge on any atom is -0.336 e. The molecule has 1 aromatic heterocycles. The first kappa shape index (κ1) is 11.0. The maximum absolute atomic E-state index is 11.9. The number of hydrogen-bond acceptors (Lipinski definition) is 2. The lowest BCUT2D eigenvalue weighted by molar-refractivity contribution is 0.0763. The molecule has 0 atom stereocenters. The average Bonchev–Trinajstić information content (AvgIpc) is 2.59. The van der Waals surface area contributed by atoms with Gasteiger partial charge in [0.2, 0.25) is 0 Å². The lowest BCUT2D eigenvalue weighted by atomic mass is 10.3. The van der Waals surface area contributed by atoms with E-state index in [1.54, 1.807) is 28.9 Å². The molecule has 0 saturated carbocycles. The van der Waals surface area contributed by atoms with Gasteiger partial charge < -0.3 is 4.90 Å². The van der Waals surface area contributed by atoms with Crippen LogP contribution in [-0.4, -0.2) is 39.6 Å². The van der Waals surface area contributed by atoms with Crippen LogP contribution in [0.15, 0.2) is 12.3 Å². The standard InChI is InChI=1S/C9H14ClN3O/c1-3-13(7-5-10)9(14)8-4-6-11-12(8)2/h4,6H,3,5,7H2,1-2H3. The van der Waals surface area contributed by atoms with E-state index in [0.717, 1.165) is 0 Å². The predicted molar refractivity (Wildman–Crippen MR) is 55.5 cm³/mol. The average molecular weight is 216 g/mol. The molecule has 0 saturated heterocycles.